The maximum Gasteiger partial charge on any atom is 0.308 e. The molecule has 0 aliphatic rings. The van der Waals surface area contributed by atoms with Crippen LogP contribution in [0.25, 0.3) is 0 Å². The summed E-state index contributed by atoms with van der Waals surface area (Å²) in [6.07, 6.45) is 3.89. The minimum atomic E-state index is -3.56. The molecular weight excluding hydrogens is 362 g/mol. The molecule has 0 aliphatic heterocycles. The largest absolute Gasteiger partial charge is 0.382 e. The Labute approximate surface area is 165 Å². The van der Waals surface area contributed by atoms with Crippen LogP contribution in [0.2, 0.25) is 0 Å². The highest BCUT2D eigenvalue weighted by atomic mass is 32.2. The highest BCUT2D eigenvalue weighted by molar-refractivity contribution is 7.87. The van der Waals surface area contributed by atoms with Crippen LogP contribution in [0.15, 0.2) is 24.3 Å². The van der Waals surface area contributed by atoms with Gasteiger partial charge in [0.25, 0.3) is 0 Å². The van der Waals surface area contributed by atoms with Crippen molar-refractivity contribution in [1.82, 2.24) is 4.90 Å². The predicted octanol–water partition coefficient (Wildman–Crippen LogP) is 4.62. The van der Waals surface area contributed by atoms with Crippen LogP contribution in [0.4, 0.5) is 0 Å². The van der Waals surface area contributed by atoms with Gasteiger partial charge in [-0.05, 0) is 43.4 Å². The average molecular weight is 398 g/mol. The fraction of sp³-hybridized carbons (Fsp3) is 0.667. The Hall–Kier alpha value is -1.56. The van der Waals surface area contributed by atoms with E-state index in [1.165, 1.54) is 0 Å². The highest BCUT2D eigenvalue weighted by Crippen LogP contribution is 2.21. The van der Waals surface area contributed by atoms with Gasteiger partial charge in [-0.15, -0.1) is 0 Å². The number of benzene rings is 1. The van der Waals surface area contributed by atoms with Gasteiger partial charge < -0.3 is 9.08 Å². The zero-order valence-corrected chi connectivity index (χ0v) is 18.2. The van der Waals surface area contributed by atoms with Crippen LogP contribution in [0, 0.1) is 11.8 Å². The first-order valence-corrected chi connectivity index (χ1v) is 11.6. The van der Waals surface area contributed by atoms with Gasteiger partial charge in [0.15, 0.2) is 0 Å². The molecule has 1 aromatic rings. The summed E-state index contributed by atoms with van der Waals surface area (Å²) in [6.45, 7) is 11.1. The van der Waals surface area contributed by atoms with Crippen molar-refractivity contribution in [3.63, 3.8) is 0 Å². The number of carbonyl (C=O) groups is 1. The molecule has 1 amide bonds. The second-order valence-electron chi connectivity index (χ2n) is 7.44. The number of amides is 1. The number of unbranched alkanes of at least 4 members (excludes halogenated alkanes) is 1. The first-order valence-electron chi connectivity index (χ1n) is 10.0. The first-order chi connectivity index (χ1) is 12.7. The number of carbonyl (C=O) groups excluding carboxylic acids is 1. The number of rotatable bonds is 12. The summed E-state index contributed by atoms with van der Waals surface area (Å²) in [5.41, 5.74) is 0.873. The second-order valence-corrected chi connectivity index (χ2v) is 9.30. The van der Waals surface area contributed by atoms with Gasteiger partial charge in [-0.1, -0.05) is 52.7 Å². The fourth-order valence-corrected chi connectivity index (χ4v) is 3.52. The van der Waals surface area contributed by atoms with Gasteiger partial charge in [0.05, 0.1) is 5.75 Å². The molecule has 1 unspecified atom stereocenters. The Kier molecular flexibility index (Phi) is 9.84. The lowest BCUT2D eigenvalue weighted by atomic mass is 9.97. The normalized spacial score (nSPS) is 12.8. The summed E-state index contributed by atoms with van der Waals surface area (Å²) in [4.78, 5) is 15.0. The zero-order valence-electron chi connectivity index (χ0n) is 17.4. The quantitative estimate of drug-likeness (QED) is 0.483. The Bertz CT molecular complexity index is 685. The molecule has 1 rings (SSSR count). The standard InChI is InChI=1S/C21H35NO4S/c1-6-9-12-19(7-2)21(23)22(15-17(4)5)16-18-11-10-13-20(14-18)26-27(24,25)8-3/h10-11,13-14,17,19H,6-9,12,15-16H2,1-5H3. The van der Waals surface area contributed by atoms with Crippen LogP contribution < -0.4 is 4.18 Å². The van der Waals surface area contributed by atoms with Crippen molar-refractivity contribution < 1.29 is 17.4 Å². The number of hydrogen-bond donors (Lipinski definition) is 0. The lowest BCUT2D eigenvalue weighted by Crippen LogP contribution is -2.38. The molecule has 0 saturated carbocycles. The van der Waals surface area contributed by atoms with E-state index >= 15 is 0 Å². The molecule has 6 heteroatoms. The van der Waals surface area contributed by atoms with E-state index in [1.807, 2.05) is 11.0 Å². The SMILES string of the molecule is CCCCC(CC)C(=O)N(Cc1cccc(OS(=O)(=O)CC)c1)CC(C)C. The third kappa shape index (κ3) is 8.33. The number of nitrogens with zero attached hydrogens (tertiary/aromatic N) is 1. The van der Waals surface area contributed by atoms with E-state index in [0.717, 1.165) is 31.2 Å². The highest BCUT2D eigenvalue weighted by Gasteiger charge is 2.23. The number of hydrogen-bond acceptors (Lipinski definition) is 4. The molecule has 1 aromatic carbocycles. The van der Waals surface area contributed by atoms with Crippen molar-refractivity contribution in [2.45, 2.75) is 66.8 Å². The molecule has 0 aliphatic carbocycles. The van der Waals surface area contributed by atoms with Crippen molar-refractivity contribution in [3.05, 3.63) is 29.8 Å². The molecule has 5 nitrogen and oxygen atoms in total. The lowest BCUT2D eigenvalue weighted by molar-refractivity contribution is -0.137. The minimum Gasteiger partial charge on any atom is -0.382 e. The van der Waals surface area contributed by atoms with Crippen LogP contribution >= 0.6 is 0 Å². The maximum absolute atomic E-state index is 13.1. The smallest absolute Gasteiger partial charge is 0.308 e. The molecule has 154 valence electrons. The van der Waals surface area contributed by atoms with Gasteiger partial charge in [-0.3, -0.25) is 4.79 Å². The molecule has 0 saturated heterocycles. The summed E-state index contributed by atoms with van der Waals surface area (Å²) in [7, 11) is -3.56. The first kappa shape index (κ1) is 23.5. The van der Waals surface area contributed by atoms with Gasteiger partial charge in [0.1, 0.15) is 5.75 Å². The van der Waals surface area contributed by atoms with E-state index in [1.54, 1.807) is 25.1 Å². The molecule has 0 spiro atoms. The lowest BCUT2D eigenvalue weighted by Gasteiger charge is -2.29. The van der Waals surface area contributed by atoms with Crippen LogP contribution in [-0.4, -0.2) is 31.5 Å². The molecule has 0 radical (unpaired) electrons. The van der Waals surface area contributed by atoms with Crippen molar-refractivity contribution in [2.24, 2.45) is 11.8 Å². The summed E-state index contributed by atoms with van der Waals surface area (Å²) >= 11 is 0. The summed E-state index contributed by atoms with van der Waals surface area (Å²) < 4.78 is 28.5. The Morgan fingerprint density at radius 3 is 2.44 bits per heavy atom. The van der Waals surface area contributed by atoms with Crippen LogP contribution in [0.5, 0.6) is 5.75 Å². The zero-order chi connectivity index (χ0) is 20.4. The van der Waals surface area contributed by atoms with Gasteiger partial charge in [-0.2, -0.15) is 8.42 Å². The van der Waals surface area contributed by atoms with Crippen molar-refractivity contribution in [3.8, 4) is 5.75 Å². The monoisotopic (exact) mass is 397 g/mol. The Morgan fingerprint density at radius 1 is 1.19 bits per heavy atom. The molecule has 0 fully saturated rings. The predicted molar refractivity (Wildman–Crippen MR) is 110 cm³/mol. The Morgan fingerprint density at radius 2 is 1.89 bits per heavy atom. The summed E-state index contributed by atoms with van der Waals surface area (Å²) in [5, 5.41) is 0. The van der Waals surface area contributed by atoms with Crippen molar-refractivity contribution in [2.75, 3.05) is 12.3 Å². The Balaban J connectivity index is 2.97. The minimum absolute atomic E-state index is 0.0450. The molecule has 0 N–H and O–H groups in total. The topological polar surface area (TPSA) is 63.7 Å². The molecule has 0 heterocycles. The van der Waals surface area contributed by atoms with Crippen molar-refractivity contribution >= 4 is 16.0 Å². The maximum atomic E-state index is 13.1. The molecule has 27 heavy (non-hydrogen) atoms. The van der Waals surface area contributed by atoms with Gasteiger partial charge in [-0.25, -0.2) is 0 Å². The van der Waals surface area contributed by atoms with Crippen molar-refractivity contribution in [1.29, 1.82) is 0 Å². The summed E-state index contributed by atoms with van der Waals surface area (Å²) in [6, 6.07) is 7.00. The fourth-order valence-electron chi connectivity index (χ4n) is 3.01. The summed E-state index contributed by atoms with van der Waals surface area (Å²) in [5.74, 6) is 0.808. The molecule has 1 atom stereocenters. The average Bonchev–Trinajstić information content (AvgIpc) is 2.61. The molecular formula is C21H35NO4S. The third-order valence-corrected chi connectivity index (χ3v) is 5.65. The van der Waals surface area contributed by atoms with E-state index < -0.39 is 10.1 Å². The van der Waals surface area contributed by atoms with Gasteiger partial charge >= 0.3 is 10.1 Å². The van der Waals surface area contributed by atoms with E-state index in [9.17, 15) is 13.2 Å². The van der Waals surface area contributed by atoms with Crippen LogP contribution in [0.1, 0.15) is 65.9 Å². The van der Waals surface area contributed by atoms with E-state index in [0.29, 0.717) is 24.8 Å². The van der Waals surface area contributed by atoms with E-state index in [-0.39, 0.29) is 17.6 Å². The van der Waals surface area contributed by atoms with Crippen LogP contribution in [0.3, 0.4) is 0 Å². The third-order valence-electron chi connectivity index (χ3n) is 4.49. The van der Waals surface area contributed by atoms with E-state index in [4.69, 9.17) is 4.18 Å². The second kappa shape index (κ2) is 11.3. The van der Waals surface area contributed by atoms with E-state index in [2.05, 4.69) is 27.7 Å². The van der Waals surface area contributed by atoms with Gasteiger partial charge in [0.2, 0.25) is 5.91 Å². The molecule has 0 bridgehead atoms. The molecule has 0 aromatic heterocycles. The van der Waals surface area contributed by atoms with Crippen LogP contribution in [-0.2, 0) is 21.5 Å². The van der Waals surface area contributed by atoms with Gasteiger partial charge in [0, 0.05) is 19.0 Å².